The van der Waals surface area contributed by atoms with Crippen LogP contribution < -0.4 is 10.5 Å². The minimum Gasteiger partial charge on any atom is -0.490 e. The molecule has 2 rings (SSSR count). The Hall–Kier alpha value is -0.580. The first-order valence-electron chi connectivity index (χ1n) is 5.96. The van der Waals surface area contributed by atoms with E-state index in [2.05, 4.69) is 15.9 Å². The first-order valence-corrected chi connectivity index (χ1v) is 6.75. The molecule has 1 heterocycles. The lowest BCUT2D eigenvalue weighted by molar-refractivity contribution is 0.0251. The van der Waals surface area contributed by atoms with Gasteiger partial charge in [0.05, 0.1) is 13.2 Å². The van der Waals surface area contributed by atoms with Crippen LogP contribution in [0, 0.1) is 0 Å². The van der Waals surface area contributed by atoms with E-state index in [1.54, 1.807) is 0 Å². The molecule has 1 aliphatic rings. The highest BCUT2D eigenvalue weighted by Crippen LogP contribution is 2.29. The molecule has 1 aromatic rings. The molecule has 94 valence electrons. The zero-order valence-corrected chi connectivity index (χ0v) is 11.6. The fourth-order valence-corrected chi connectivity index (χ4v) is 2.33. The second kappa shape index (κ2) is 5.85. The lowest BCUT2D eigenvalue weighted by atomic mass is 10.1. The van der Waals surface area contributed by atoms with E-state index in [1.807, 2.05) is 25.1 Å². The van der Waals surface area contributed by atoms with Crippen molar-refractivity contribution in [1.29, 1.82) is 0 Å². The second-order valence-electron chi connectivity index (χ2n) is 4.40. The summed E-state index contributed by atoms with van der Waals surface area (Å²) in [7, 11) is 0. The maximum absolute atomic E-state index is 6.02. The summed E-state index contributed by atoms with van der Waals surface area (Å²) < 4.78 is 12.4. The van der Waals surface area contributed by atoms with Crippen LogP contribution in [0.2, 0.25) is 0 Å². The second-order valence-corrected chi connectivity index (χ2v) is 5.32. The Bertz CT molecular complexity index is 376. The van der Waals surface area contributed by atoms with Crippen molar-refractivity contribution in [3.05, 3.63) is 28.2 Å². The highest BCUT2D eigenvalue weighted by Gasteiger charge is 2.17. The zero-order valence-electron chi connectivity index (χ0n) is 9.99. The SMILES string of the molecule is C[C@H](N)c1cc(Br)ccc1OC1CCOCC1. The Morgan fingerprint density at radius 3 is 2.76 bits per heavy atom. The molecule has 0 aromatic heterocycles. The topological polar surface area (TPSA) is 44.5 Å². The van der Waals surface area contributed by atoms with Gasteiger partial charge in [-0.3, -0.25) is 0 Å². The van der Waals surface area contributed by atoms with Gasteiger partial charge < -0.3 is 15.2 Å². The van der Waals surface area contributed by atoms with Crippen molar-refractivity contribution in [3.8, 4) is 5.75 Å². The van der Waals surface area contributed by atoms with E-state index in [4.69, 9.17) is 15.2 Å². The molecule has 0 spiro atoms. The summed E-state index contributed by atoms with van der Waals surface area (Å²) in [6.07, 6.45) is 2.16. The van der Waals surface area contributed by atoms with Crippen molar-refractivity contribution in [2.75, 3.05) is 13.2 Å². The van der Waals surface area contributed by atoms with Gasteiger partial charge in [-0.1, -0.05) is 15.9 Å². The average Bonchev–Trinajstić information content (AvgIpc) is 2.32. The quantitative estimate of drug-likeness (QED) is 0.933. The molecule has 0 aliphatic carbocycles. The highest BCUT2D eigenvalue weighted by molar-refractivity contribution is 9.10. The lowest BCUT2D eigenvalue weighted by Crippen LogP contribution is -2.26. The Labute approximate surface area is 110 Å². The fraction of sp³-hybridized carbons (Fsp3) is 0.538. The third-order valence-corrected chi connectivity index (χ3v) is 3.42. The molecule has 0 amide bonds. The fourth-order valence-electron chi connectivity index (χ4n) is 1.96. The summed E-state index contributed by atoms with van der Waals surface area (Å²) in [6.45, 7) is 3.54. The highest BCUT2D eigenvalue weighted by atomic mass is 79.9. The van der Waals surface area contributed by atoms with Crippen LogP contribution in [0.1, 0.15) is 31.4 Å². The minimum absolute atomic E-state index is 0.0256. The number of ether oxygens (including phenoxy) is 2. The van der Waals surface area contributed by atoms with Gasteiger partial charge in [-0.25, -0.2) is 0 Å². The van der Waals surface area contributed by atoms with Crippen molar-refractivity contribution in [1.82, 2.24) is 0 Å². The molecule has 0 saturated carbocycles. The van der Waals surface area contributed by atoms with Crippen molar-refractivity contribution < 1.29 is 9.47 Å². The van der Waals surface area contributed by atoms with E-state index >= 15 is 0 Å². The smallest absolute Gasteiger partial charge is 0.124 e. The standard InChI is InChI=1S/C13H18BrNO2/c1-9(15)12-8-10(14)2-3-13(12)17-11-4-6-16-7-5-11/h2-3,8-9,11H,4-7,15H2,1H3/t9-/m0/s1. The Morgan fingerprint density at radius 1 is 1.41 bits per heavy atom. The van der Waals surface area contributed by atoms with Crippen LogP contribution in [-0.4, -0.2) is 19.3 Å². The third kappa shape index (κ3) is 3.44. The molecule has 1 atom stereocenters. The van der Waals surface area contributed by atoms with Crippen LogP contribution in [0.25, 0.3) is 0 Å². The summed E-state index contributed by atoms with van der Waals surface area (Å²) in [5, 5.41) is 0. The number of benzene rings is 1. The maximum atomic E-state index is 6.02. The van der Waals surface area contributed by atoms with Crippen LogP contribution in [0.15, 0.2) is 22.7 Å². The van der Waals surface area contributed by atoms with Crippen LogP contribution in [-0.2, 0) is 4.74 Å². The van der Waals surface area contributed by atoms with Crippen LogP contribution in [0.5, 0.6) is 5.75 Å². The van der Waals surface area contributed by atoms with Gasteiger partial charge in [0, 0.05) is 28.9 Å². The molecule has 1 aliphatic heterocycles. The van der Waals surface area contributed by atoms with Gasteiger partial charge in [-0.05, 0) is 25.1 Å². The van der Waals surface area contributed by atoms with Gasteiger partial charge in [-0.2, -0.15) is 0 Å². The number of nitrogens with two attached hydrogens (primary N) is 1. The number of halogens is 1. The summed E-state index contributed by atoms with van der Waals surface area (Å²) in [4.78, 5) is 0. The maximum Gasteiger partial charge on any atom is 0.124 e. The minimum atomic E-state index is -0.0256. The van der Waals surface area contributed by atoms with E-state index in [9.17, 15) is 0 Å². The summed E-state index contributed by atoms with van der Waals surface area (Å²) in [5.74, 6) is 0.898. The van der Waals surface area contributed by atoms with Crippen LogP contribution >= 0.6 is 15.9 Å². The number of hydrogen-bond acceptors (Lipinski definition) is 3. The van der Waals surface area contributed by atoms with Gasteiger partial charge in [0.1, 0.15) is 11.9 Å². The van der Waals surface area contributed by atoms with Crippen LogP contribution in [0.4, 0.5) is 0 Å². The van der Waals surface area contributed by atoms with Gasteiger partial charge >= 0.3 is 0 Å². The van der Waals surface area contributed by atoms with Gasteiger partial charge in [0.2, 0.25) is 0 Å². The molecule has 0 bridgehead atoms. The normalized spacial score (nSPS) is 19.0. The first kappa shape index (κ1) is 12.9. The molecule has 0 unspecified atom stereocenters. The van der Waals surface area contributed by atoms with E-state index in [0.717, 1.165) is 41.8 Å². The molecule has 17 heavy (non-hydrogen) atoms. The molecule has 1 aromatic carbocycles. The summed E-state index contributed by atoms with van der Waals surface area (Å²) >= 11 is 3.46. The van der Waals surface area contributed by atoms with Crippen molar-refractivity contribution in [3.63, 3.8) is 0 Å². The predicted molar refractivity (Wildman–Crippen MR) is 71.2 cm³/mol. The average molecular weight is 300 g/mol. The molecule has 2 N–H and O–H groups in total. The lowest BCUT2D eigenvalue weighted by Gasteiger charge is -2.25. The summed E-state index contributed by atoms with van der Waals surface area (Å²) in [6, 6.07) is 5.97. The molecule has 0 radical (unpaired) electrons. The van der Waals surface area contributed by atoms with Gasteiger partial charge in [-0.15, -0.1) is 0 Å². The largest absolute Gasteiger partial charge is 0.490 e. The Balaban J connectivity index is 2.13. The van der Waals surface area contributed by atoms with Crippen LogP contribution in [0.3, 0.4) is 0 Å². The molecule has 1 saturated heterocycles. The monoisotopic (exact) mass is 299 g/mol. The van der Waals surface area contributed by atoms with E-state index in [1.165, 1.54) is 0 Å². The number of rotatable bonds is 3. The molecular weight excluding hydrogens is 282 g/mol. The van der Waals surface area contributed by atoms with Crippen molar-refractivity contribution >= 4 is 15.9 Å². The van der Waals surface area contributed by atoms with E-state index in [0.29, 0.717) is 0 Å². The van der Waals surface area contributed by atoms with E-state index < -0.39 is 0 Å². The predicted octanol–water partition coefficient (Wildman–Crippen LogP) is 3.03. The third-order valence-electron chi connectivity index (χ3n) is 2.92. The molecular formula is C13H18BrNO2. The number of hydrogen-bond donors (Lipinski definition) is 1. The van der Waals surface area contributed by atoms with Gasteiger partial charge in [0.25, 0.3) is 0 Å². The zero-order chi connectivity index (χ0) is 12.3. The Kier molecular flexibility index (Phi) is 4.42. The summed E-state index contributed by atoms with van der Waals surface area (Å²) in [5.41, 5.74) is 7.01. The van der Waals surface area contributed by atoms with Crippen molar-refractivity contribution in [2.24, 2.45) is 5.73 Å². The van der Waals surface area contributed by atoms with Crippen molar-refractivity contribution in [2.45, 2.75) is 31.9 Å². The molecule has 1 fully saturated rings. The first-order chi connectivity index (χ1) is 8.16. The molecule has 4 heteroatoms. The molecule has 3 nitrogen and oxygen atoms in total. The van der Waals surface area contributed by atoms with Gasteiger partial charge in [0.15, 0.2) is 0 Å². The Morgan fingerprint density at radius 2 is 2.12 bits per heavy atom. The van der Waals surface area contributed by atoms with E-state index in [-0.39, 0.29) is 12.1 Å².